The number of carbonyl (C=O) groups is 2. The van der Waals surface area contributed by atoms with Crippen LogP contribution in [0.1, 0.15) is 31.6 Å². The molecule has 0 saturated carbocycles. The van der Waals surface area contributed by atoms with Gasteiger partial charge in [-0.3, -0.25) is 4.79 Å². The van der Waals surface area contributed by atoms with Crippen molar-refractivity contribution in [3.05, 3.63) is 89.0 Å². The molecule has 0 aliphatic carbocycles. The van der Waals surface area contributed by atoms with E-state index < -0.39 is 5.97 Å². The van der Waals surface area contributed by atoms with Gasteiger partial charge in [-0.2, -0.15) is 5.10 Å². The van der Waals surface area contributed by atoms with E-state index in [9.17, 15) is 9.59 Å². The largest absolute Gasteiger partial charge is 0.493 e. The molecule has 1 saturated heterocycles. The highest BCUT2D eigenvalue weighted by molar-refractivity contribution is 8.19. The Morgan fingerprint density at radius 3 is 2.41 bits per heavy atom. The van der Waals surface area contributed by atoms with E-state index in [1.165, 1.54) is 42.5 Å². The molecule has 1 heterocycles. The summed E-state index contributed by atoms with van der Waals surface area (Å²) in [7, 11) is 1.53. The number of rotatable bonds is 11. The first kappa shape index (κ1) is 26.4. The van der Waals surface area contributed by atoms with E-state index >= 15 is 0 Å². The van der Waals surface area contributed by atoms with Gasteiger partial charge in [-0.1, -0.05) is 24.3 Å². The van der Waals surface area contributed by atoms with Crippen LogP contribution in [0.3, 0.4) is 0 Å². The van der Waals surface area contributed by atoms with Crippen molar-refractivity contribution in [1.82, 2.24) is 5.43 Å². The van der Waals surface area contributed by atoms with Crippen LogP contribution < -0.4 is 19.6 Å². The number of carbonyl (C=O) groups excluding carboxylic acids is 1. The molecular formula is C27H26N2O6S2. The quantitative estimate of drug-likeness (QED) is 0.260. The Labute approximate surface area is 223 Å². The molecule has 0 atom stereocenters. The molecule has 3 aromatic carbocycles. The number of aromatic carboxylic acids is 1. The third-order valence-corrected chi connectivity index (χ3v) is 8.43. The number of methoxy groups -OCH3 is 1. The molecule has 0 bridgehead atoms. The molecule has 2 N–H and O–H groups in total. The van der Waals surface area contributed by atoms with Crippen molar-refractivity contribution in [2.75, 3.05) is 25.2 Å². The number of carboxylic acid groups (broad SMARTS) is 1. The number of hydrogen-bond acceptors (Lipinski definition) is 8. The van der Waals surface area contributed by atoms with Crippen molar-refractivity contribution >= 4 is 41.6 Å². The number of carboxylic acids is 1. The second-order valence-corrected chi connectivity index (χ2v) is 10.6. The first-order chi connectivity index (χ1) is 18.0. The zero-order valence-corrected chi connectivity index (χ0v) is 21.7. The Hall–Kier alpha value is -3.63. The van der Waals surface area contributed by atoms with Crippen molar-refractivity contribution in [1.29, 1.82) is 0 Å². The van der Waals surface area contributed by atoms with Gasteiger partial charge in [0.2, 0.25) is 0 Å². The van der Waals surface area contributed by atoms with Crippen LogP contribution in [-0.2, 0) is 11.4 Å². The smallest absolute Gasteiger partial charge is 0.335 e. The minimum Gasteiger partial charge on any atom is -0.493 e. The normalized spacial score (nSPS) is 13.4. The zero-order valence-electron chi connectivity index (χ0n) is 20.1. The van der Waals surface area contributed by atoms with Gasteiger partial charge in [-0.25, -0.2) is 10.2 Å². The minimum atomic E-state index is -0.974. The van der Waals surface area contributed by atoms with Crippen molar-refractivity contribution in [2.45, 2.75) is 11.2 Å². The second-order valence-electron chi connectivity index (χ2n) is 7.93. The minimum absolute atomic E-state index is 0.146. The van der Waals surface area contributed by atoms with Gasteiger partial charge in [0.05, 0.1) is 23.5 Å². The van der Waals surface area contributed by atoms with E-state index in [0.717, 1.165) is 5.56 Å². The SMILES string of the molecule is COc1cc(/C=N\NC(=O)COc2ccc(C3SCCS3)cc2)ccc1OCc1ccc(C(=O)O)cc1. The van der Waals surface area contributed by atoms with Crippen molar-refractivity contribution in [3.63, 3.8) is 0 Å². The van der Waals surface area contributed by atoms with Gasteiger partial charge in [0, 0.05) is 11.5 Å². The molecule has 1 amide bonds. The first-order valence-corrected chi connectivity index (χ1v) is 13.5. The van der Waals surface area contributed by atoms with Gasteiger partial charge in [-0.05, 0) is 59.2 Å². The molecule has 4 rings (SSSR count). The molecule has 0 aromatic heterocycles. The lowest BCUT2D eigenvalue weighted by Crippen LogP contribution is -2.24. The Bertz CT molecular complexity index is 1240. The number of nitrogens with one attached hydrogen (secondary N) is 1. The molecule has 0 radical (unpaired) electrons. The number of thioether (sulfide) groups is 2. The average molecular weight is 539 g/mol. The lowest BCUT2D eigenvalue weighted by molar-refractivity contribution is -0.123. The lowest BCUT2D eigenvalue weighted by atomic mass is 10.1. The van der Waals surface area contributed by atoms with E-state index in [1.54, 1.807) is 30.3 Å². The summed E-state index contributed by atoms with van der Waals surface area (Å²) < 4.78 is 17.3. The van der Waals surface area contributed by atoms with E-state index in [1.807, 2.05) is 47.8 Å². The molecule has 3 aromatic rings. The standard InChI is InChI=1S/C27H26N2O6S2/c1-33-24-14-19(4-11-23(24)35-16-18-2-5-20(6-3-18)26(31)32)15-28-29-25(30)17-34-22-9-7-21(8-10-22)27-36-12-13-37-27/h2-11,14-15,27H,12-13,16-17H2,1H3,(H,29,30)(H,31,32)/b28-15-. The van der Waals surface area contributed by atoms with E-state index in [-0.39, 0.29) is 24.7 Å². The lowest BCUT2D eigenvalue weighted by Gasteiger charge is -2.11. The molecule has 192 valence electrons. The van der Waals surface area contributed by atoms with Crippen LogP contribution in [0.5, 0.6) is 17.2 Å². The summed E-state index contributed by atoms with van der Waals surface area (Å²) in [6.45, 7) is 0.105. The van der Waals surface area contributed by atoms with Gasteiger partial charge in [0.25, 0.3) is 5.91 Å². The fourth-order valence-electron chi connectivity index (χ4n) is 3.42. The maximum absolute atomic E-state index is 12.1. The first-order valence-electron chi connectivity index (χ1n) is 11.4. The summed E-state index contributed by atoms with van der Waals surface area (Å²) in [5, 5.41) is 13.0. The van der Waals surface area contributed by atoms with Crippen LogP contribution in [0.25, 0.3) is 0 Å². The molecule has 0 unspecified atom stereocenters. The predicted octanol–water partition coefficient (Wildman–Crippen LogP) is 4.98. The van der Waals surface area contributed by atoms with Gasteiger partial charge in [0.15, 0.2) is 18.1 Å². The highest BCUT2D eigenvalue weighted by atomic mass is 32.2. The fourth-order valence-corrected chi connectivity index (χ4v) is 6.28. The van der Waals surface area contributed by atoms with Crippen LogP contribution in [-0.4, -0.2) is 48.4 Å². The molecule has 1 aliphatic heterocycles. The number of nitrogens with zero attached hydrogens (tertiary/aromatic N) is 1. The summed E-state index contributed by atoms with van der Waals surface area (Å²) in [5.41, 5.74) is 5.46. The molecule has 10 heteroatoms. The van der Waals surface area contributed by atoms with E-state index in [2.05, 4.69) is 10.5 Å². The van der Waals surface area contributed by atoms with Gasteiger partial charge in [-0.15, -0.1) is 23.5 Å². The number of hydrogen-bond donors (Lipinski definition) is 2. The summed E-state index contributed by atoms with van der Waals surface area (Å²) in [4.78, 5) is 23.1. The number of amides is 1. The Balaban J connectivity index is 1.24. The summed E-state index contributed by atoms with van der Waals surface area (Å²) in [6, 6.07) is 19.6. The van der Waals surface area contributed by atoms with Crippen LogP contribution in [0.2, 0.25) is 0 Å². The molecular weight excluding hydrogens is 512 g/mol. The summed E-state index contributed by atoms with van der Waals surface area (Å²) in [5.74, 6) is 2.65. The number of ether oxygens (including phenoxy) is 3. The maximum Gasteiger partial charge on any atom is 0.335 e. The molecule has 1 aliphatic rings. The van der Waals surface area contributed by atoms with Crippen molar-refractivity contribution < 1.29 is 28.9 Å². The van der Waals surface area contributed by atoms with Crippen LogP contribution in [0.15, 0.2) is 71.8 Å². The Morgan fingerprint density at radius 1 is 1.00 bits per heavy atom. The molecule has 37 heavy (non-hydrogen) atoms. The van der Waals surface area contributed by atoms with Gasteiger partial charge >= 0.3 is 5.97 Å². The van der Waals surface area contributed by atoms with Crippen molar-refractivity contribution in [2.24, 2.45) is 5.10 Å². The molecule has 1 fully saturated rings. The number of benzene rings is 3. The third kappa shape index (κ3) is 7.68. The second kappa shape index (κ2) is 13.1. The zero-order chi connectivity index (χ0) is 26.0. The topological polar surface area (TPSA) is 106 Å². The Morgan fingerprint density at radius 2 is 1.73 bits per heavy atom. The molecule has 0 spiro atoms. The summed E-state index contributed by atoms with van der Waals surface area (Å²) in [6.07, 6.45) is 1.50. The van der Waals surface area contributed by atoms with E-state index in [0.29, 0.717) is 27.4 Å². The molecule has 8 nitrogen and oxygen atoms in total. The Kier molecular flexibility index (Phi) is 9.34. The van der Waals surface area contributed by atoms with E-state index in [4.69, 9.17) is 19.3 Å². The maximum atomic E-state index is 12.1. The predicted molar refractivity (Wildman–Crippen MR) is 146 cm³/mol. The monoisotopic (exact) mass is 538 g/mol. The van der Waals surface area contributed by atoms with Crippen LogP contribution >= 0.6 is 23.5 Å². The fraction of sp³-hybridized carbons (Fsp3) is 0.222. The van der Waals surface area contributed by atoms with Gasteiger partial charge in [0.1, 0.15) is 12.4 Å². The average Bonchev–Trinajstić information content (AvgIpc) is 3.47. The highest BCUT2D eigenvalue weighted by Gasteiger charge is 2.18. The third-order valence-electron chi connectivity index (χ3n) is 5.33. The van der Waals surface area contributed by atoms with Crippen molar-refractivity contribution in [3.8, 4) is 17.2 Å². The van der Waals surface area contributed by atoms with Gasteiger partial charge < -0.3 is 19.3 Å². The number of hydrazone groups is 1. The summed E-state index contributed by atoms with van der Waals surface area (Å²) >= 11 is 3.89. The highest BCUT2D eigenvalue weighted by Crippen LogP contribution is 2.45. The van der Waals surface area contributed by atoms with Crippen LogP contribution in [0, 0.1) is 0 Å². The van der Waals surface area contributed by atoms with Crippen LogP contribution in [0.4, 0.5) is 0 Å².